The second kappa shape index (κ2) is 8.58. The van der Waals surface area contributed by atoms with Crippen LogP contribution in [-0.2, 0) is 0 Å². The van der Waals surface area contributed by atoms with Crippen molar-refractivity contribution in [1.82, 2.24) is 0 Å². The Kier molecular flexibility index (Phi) is 6.20. The van der Waals surface area contributed by atoms with Crippen LogP contribution in [0, 0.1) is 0 Å². The molecule has 0 fully saturated rings. The van der Waals surface area contributed by atoms with Gasteiger partial charge in [-0.05, 0) is 48.6 Å². The second-order valence-electron chi connectivity index (χ2n) is 4.93. The van der Waals surface area contributed by atoms with Crippen molar-refractivity contribution in [3.05, 3.63) is 72.3 Å². The van der Waals surface area contributed by atoms with E-state index < -0.39 is 0 Å². The van der Waals surface area contributed by atoms with Crippen LogP contribution in [0.15, 0.2) is 61.2 Å². The molecule has 2 aromatic carbocycles. The number of allylic oxidation sites excluding steroid dienone is 1. The van der Waals surface area contributed by atoms with Gasteiger partial charge in [0.2, 0.25) is 0 Å². The van der Waals surface area contributed by atoms with E-state index in [9.17, 15) is 4.79 Å². The monoisotopic (exact) mass is 324 g/mol. The van der Waals surface area contributed by atoms with Crippen LogP contribution >= 0.6 is 0 Å². The number of ether oxygens (including phenoxy) is 3. The van der Waals surface area contributed by atoms with Crippen LogP contribution in [0.2, 0.25) is 0 Å². The smallest absolute Gasteiger partial charge is 0.185 e. The Labute approximate surface area is 142 Å². The molecule has 124 valence electrons. The molecule has 2 rings (SSSR count). The van der Waals surface area contributed by atoms with Gasteiger partial charge in [-0.2, -0.15) is 0 Å². The molecule has 0 N–H and O–H groups in total. The molecule has 0 saturated heterocycles. The second-order valence-corrected chi connectivity index (χ2v) is 4.93. The highest BCUT2D eigenvalue weighted by atomic mass is 16.5. The van der Waals surface area contributed by atoms with Gasteiger partial charge in [-0.3, -0.25) is 4.79 Å². The molecule has 0 amide bonds. The Bertz CT molecular complexity index is 730. The fourth-order valence-electron chi connectivity index (χ4n) is 2.09. The number of hydrogen-bond acceptors (Lipinski definition) is 4. The maximum absolute atomic E-state index is 12.3. The van der Waals surface area contributed by atoms with Gasteiger partial charge >= 0.3 is 0 Å². The molecule has 2 aromatic rings. The van der Waals surface area contributed by atoms with Gasteiger partial charge in [0.15, 0.2) is 5.78 Å². The minimum absolute atomic E-state index is 0.0943. The first-order valence-corrected chi connectivity index (χ1v) is 7.46. The van der Waals surface area contributed by atoms with Crippen LogP contribution in [-0.4, -0.2) is 26.6 Å². The average molecular weight is 324 g/mol. The molecule has 0 aliphatic rings. The summed E-state index contributed by atoms with van der Waals surface area (Å²) in [5, 5.41) is 0. The maximum atomic E-state index is 12.3. The summed E-state index contributed by atoms with van der Waals surface area (Å²) in [5.74, 6) is 1.95. The van der Waals surface area contributed by atoms with Crippen molar-refractivity contribution in [2.24, 2.45) is 0 Å². The van der Waals surface area contributed by atoms with Crippen LogP contribution in [0.5, 0.6) is 17.2 Å². The lowest BCUT2D eigenvalue weighted by Crippen LogP contribution is -1.96. The Morgan fingerprint density at radius 1 is 1.04 bits per heavy atom. The fourth-order valence-corrected chi connectivity index (χ4v) is 2.09. The van der Waals surface area contributed by atoms with Gasteiger partial charge in [0.25, 0.3) is 0 Å². The Hall–Kier alpha value is -3.01. The molecule has 0 heterocycles. The minimum Gasteiger partial charge on any atom is -0.497 e. The molecule has 0 spiro atoms. The summed E-state index contributed by atoms with van der Waals surface area (Å²) in [7, 11) is 3.17. The molecule has 4 heteroatoms. The molecule has 0 aliphatic heterocycles. The third-order valence-corrected chi connectivity index (χ3v) is 3.36. The summed E-state index contributed by atoms with van der Waals surface area (Å²) in [6, 6.07) is 12.4. The predicted octanol–water partition coefficient (Wildman–Crippen LogP) is 4.16. The van der Waals surface area contributed by atoms with Crippen LogP contribution in [0.25, 0.3) is 6.08 Å². The van der Waals surface area contributed by atoms with Crippen molar-refractivity contribution in [3.63, 3.8) is 0 Å². The normalized spacial score (nSPS) is 10.4. The number of hydrogen-bond donors (Lipinski definition) is 0. The Balaban J connectivity index is 2.11. The standard InChI is InChI=1S/C20H20O4/c1-4-13-24-17-9-5-15(6-10-17)19(21)12-8-16-7-11-18(22-2)14-20(16)23-3/h4-12,14H,1,13H2,2-3H3/b12-8+. The van der Waals surface area contributed by atoms with Gasteiger partial charge in [0.1, 0.15) is 23.9 Å². The quantitative estimate of drug-likeness (QED) is 0.415. The summed E-state index contributed by atoms with van der Waals surface area (Å²) >= 11 is 0. The zero-order chi connectivity index (χ0) is 17.4. The van der Waals surface area contributed by atoms with E-state index >= 15 is 0 Å². The van der Waals surface area contributed by atoms with E-state index in [1.54, 1.807) is 56.7 Å². The van der Waals surface area contributed by atoms with Gasteiger partial charge in [-0.1, -0.05) is 12.7 Å². The van der Waals surface area contributed by atoms with E-state index in [0.717, 1.165) is 5.56 Å². The lowest BCUT2D eigenvalue weighted by Gasteiger charge is -2.07. The van der Waals surface area contributed by atoms with Crippen molar-refractivity contribution in [2.75, 3.05) is 20.8 Å². The van der Waals surface area contributed by atoms with E-state index in [4.69, 9.17) is 14.2 Å². The van der Waals surface area contributed by atoms with Crippen LogP contribution in [0.1, 0.15) is 15.9 Å². The number of rotatable bonds is 8. The first-order valence-electron chi connectivity index (χ1n) is 7.46. The molecule has 0 aromatic heterocycles. The van der Waals surface area contributed by atoms with Crippen LogP contribution < -0.4 is 14.2 Å². The predicted molar refractivity (Wildman–Crippen MR) is 95.0 cm³/mol. The van der Waals surface area contributed by atoms with Gasteiger partial charge in [-0.15, -0.1) is 0 Å². The van der Waals surface area contributed by atoms with Gasteiger partial charge in [-0.25, -0.2) is 0 Å². The summed E-state index contributed by atoms with van der Waals surface area (Å²) in [4.78, 5) is 12.3. The molecule has 0 aliphatic carbocycles. The summed E-state index contributed by atoms with van der Waals surface area (Å²) in [6.45, 7) is 4.03. The van der Waals surface area contributed by atoms with Crippen molar-refractivity contribution in [1.29, 1.82) is 0 Å². The number of ketones is 1. The highest BCUT2D eigenvalue weighted by molar-refractivity contribution is 6.07. The Morgan fingerprint density at radius 3 is 2.38 bits per heavy atom. The largest absolute Gasteiger partial charge is 0.497 e. The fraction of sp³-hybridized carbons (Fsp3) is 0.150. The summed E-state index contributed by atoms with van der Waals surface area (Å²) in [5.41, 5.74) is 1.39. The van der Waals surface area contributed by atoms with Crippen LogP contribution in [0.4, 0.5) is 0 Å². The summed E-state index contributed by atoms with van der Waals surface area (Å²) in [6.07, 6.45) is 4.91. The number of methoxy groups -OCH3 is 2. The zero-order valence-corrected chi connectivity index (χ0v) is 13.8. The minimum atomic E-state index is -0.0943. The maximum Gasteiger partial charge on any atom is 0.185 e. The van der Waals surface area contributed by atoms with Crippen molar-refractivity contribution < 1.29 is 19.0 Å². The van der Waals surface area contributed by atoms with Crippen molar-refractivity contribution in [3.8, 4) is 17.2 Å². The zero-order valence-electron chi connectivity index (χ0n) is 13.8. The molecular weight excluding hydrogens is 304 g/mol. The average Bonchev–Trinajstić information content (AvgIpc) is 2.64. The van der Waals surface area contributed by atoms with Crippen molar-refractivity contribution in [2.45, 2.75) is 0 Å². The molecular formula is C20H20O4. The molecule has 0 atom stereocenters. The molecule has 4 nitrogen and oxygen atoms in total. The molecule has 0 unspecified atom stereocenters. The molecule has 0 radical (unpaired) electrons. The lowest BCUT2D eigenvalue weighted by atomic mass is 10.1. The van der Waals surface area contributed by atoms with E-state index in [1.807, 2.05) is 12.1 Å². The first kappa shape index (κ1) is 17.3. The molecule has 0 saturated carbocycles. The highest BCUT2D eigenvalue weighted by Gasteiger charge is 2.05. The molecule has 0 bridgehead atoms. The van der Waals surface area contributed by atoms with Crippen molar-refractivity contribution >= 4 is 11.9 Å². The van der Waals surface area contributed by atoms with E-state index in [0.29, 0.717) is 29.4 Å². The topological polar surface area (TPSA) is 44.8 Å². The van der Waals surface area contributed by atoms with Crippen LogP contribution in [0.3, 0.4) is 0 Å². The van der Waals surface area contributed by atoms with Gasteiger partial charge in [0, 0.05) is 17.2 Å². The lowest BCUT2D eigenvalue weighted by molar-refractivity contribution is 0.104. The van der Waals surface area contributed by atoms with Gasteiger partial charge < -0.3 is 14.2 Å². The highest BCUT2D eigenvalue weighted by Crippen LogP contribution is 2.25. The van der Waals surface area contributed by atoms with E-state index in [-0.39, 0.29) is 5.78 Å². The first-order chi connectivity index (χ1) is 11.7. The third kappa shape index (κ3) is 4.49. The number of benzene rings is 2. The molecule has 24 heavy (non-hydrogen) atoms. The third-order valence-electron chi connectivity index (χ3n) is 3.36. The number of carbonyl (C=O) groups is 1. The van der Waals surface area contributed by atoms with E-state index in [1.165, 1.54) is 6.08 Å². The SMILES string of the molecule is C=CCOc1ccc(C(=O)/C=C/c2ccc(OC)cc2OC)cc1. The summed E-state index contributed by atoms with van der Waals surface area (Å²) < 4.78 is 15.9. The Morgan fingerprint density at radius 2 is 1.75 bits per heavy atom. The van der Waals surface area contributed by atoms with E-state index in [2.05, 4.69) is 6.58 Å². The number of carbonyl (C=O) groups excluding carboxylic acids is 1. The van der Waals surface area contributed by atoms with Gasteiger partial charge in [0.05, 0.1) is 14.2 Å².